The van der Waals surface area contributed by atoms with E-state index in [-0.39, 0.29) is 25.0 Å². The van der Waals surface area contributed by atoms with Gasteiger partial charge in [0.1, 0.15) is 12.3 Å². The van der Waals surface area contributed by atoms with E-state index in [9.17, 15) is 9.59 Å². The fourth-order valence-electron chi connectivity index (χ4n) is 3.53. The van der Waals surface area contributed by atoms with Crippen LogP contribution in [0.25, 0.3) is 11.0 Å². The minimum absolute atomic E-state index is 0.104. The smallest absolute Gasteiger partial charge is 0.265 e. The Morgan fingerprint density at radius 1 is 1.29 bits per heavy atom. The van der Waals surface area contributed by atoms with Crippen LogP contribution in [0.3, 0.4) is 0 Å². The first-order valence-electron chi connectivity index (χ1n) is 10.1. The number of aromatic nitrogens is 2. The van der Waals surface area contributed by atoms with Crippen molar-refractivity contribution in [3.63, 3.8) is 0 Å². The fourth-order valence-corrected chi connectivity index (χ4v) is 3.87. The van der Waals surface area contributed by atoms with Gasteiger partial charge in [0, 0.05) is 24.2 Å². The predicted molar refractivity (Wildman–Crippen MR) is 121 cm³/mol. The molecule has 2 amide bonds. The van der Waals surface area contributed by atoms with E-state index in [2.05, 4.69) is 26.2 Å². The highest BCUT2D eigenvalue weighted by Gasteiger charge is 2.28. The number of carbonyl (C=O) groups is 2. The van der Waals surface area contributed by atoms with Gasteiger partial charge in [-0.3, -0.25) is 19.8 Å². The molecule has 1 aliphatic heterocycles. The van der Waals surface area contributed by atoms with Crippen LogP contribution in [0.4, 0.5) is 11.6 Å². The molecule has 1 aromatic heterocycles. The third-order valence-corrected chi connectivity index (χ3v) is 5.44. The molecular formula is C22H23BrN4O4. The van der Waals surface area contributed by atoms with Crippen molar-refractivity contribution in [1.29, 1.82) is 0 Å². The highest BCUT2D eigenvalue weighted by Crippen LogP contribution is 2.34. The summed E-state index contributed by atoms with van der Waals surface area (Å²) < 4.78 is 13.7. The van der Waals surface area contributed by atoms with Crippen molar-refractivity contribution in [2.75, 3.05) is 36.6 Å². The van der Waals surface area contributed by atoms with Gasteiger partial charge in [0.05, 0.1) is 16.7 Å². The molecule has 0 bridgehead atoms. The van der Waals surface area contributed by atoms with Crippen LogP contribution in [0.15, 0.2) is 46.9 Å². The third kappa shape index (κ3) is 4.72. The highest BCUT2D eigenvalue weighted by atomic mass is 79.9. The number of anilines is 2. The van der Waals surface area contributed by atoms with E-state index >= 15 is 0 Å². The molecule has 9 heteroatoms. The second-order valence-electron chi connectivity index (χ2n) is 7.06. The number of benzene rings is 2. The van der Waals surface area contributed by atoms with E-state index in [4.69, 9.17) is 9.47 Å². The average molecular weight is 487 g/mol. The third-order valence-electron chi connectivity index (χ3n) is 4.95. The summed E-state index contributed by atoms with van der Waals surface area (Å²) >= 11 is 3.39. The SMILES string of the molecule is CCOCCCn1c(NC(=O)CN2C(=O)COc3cc(Br)ccc32)nc2ccccc21. The van der Waals surface area contributed by atoms with Crippen LogP contribution in [0.5, 0.6) is 5.75 Å². The Labute approximate surface area is 188 Å². The van der Waals surface area contributed by atoms with E-state index in [1.54, 1.807) is 12.1 Å². The molecule has 3 aromatic rings. The number of aryl methyl sites for hydroxylation is 1. The molecule has 0 fully saturated rings. The maximum Gasteiger partial charge on any atom is 0.265 e. The summed E-state index contributed by atoms with van der Waals surface area (Å²) in [5.74, 6) is 0.421. The number of nitrogens with one attached hydrogen (secondary N) is 1. The maximum absolute atomic E-state index is 12.9. The van der Waals surface area contributed by atoms with Gasteiger partial charge in [0.2, 0.25) is 11.9 Å². The van der Waals surface area contributed by atoms with Gasteiger partial charge in [-0.15, -0.1) is 0 Å². The number of nitrogens with zero attached hydrogens (tertiary/aromatic N) is 3. The number of carbonyl (C=O) groups excluding carboxylic acids is 2. The minimum Gasteiger partial charge on any atom is -0.482 e. The van der Waals surface area contributed by atoms with Crippen molar-refractivity contribution in [3.05, 3.63) is 46.9 Å². The molecule has 0 saturated carbocycles. The molecule has 2 heterocycles. The molecule has 162 valence electrons. The highest BCUT2D eigenvalue weighted by molar-refractivity contribution is 9.10. The molecule has 0 atom stereocenters. The zero-order chi connectivity index (χ0) is 21.8. The zero-order valence-corrected chi connectivity index (χ0v) is 18.7. The van der Waals surface area contributed by atoms with Gasteiger partial charge in [-0.2, -0.15) is 0 Å². The van der Waals surface area contributed by atoms with Crippen molar-refractivity contribution in [3.8, 4) is 5.75 Å². The lowest BCUT2D eigenvalue weighted by Crippen LogP contribution is -2.43. The molecule has 31 heavy (non-hydrogen) atoms. The quantitative estimate of drug-likeness (QED) is 0.491. The van der Waals surface area contributed by atoms with Crippen molar-refractivity contribution in [2.24, 2.45) is 0 Å². The minimum atomic E-state index is -0.328. The number of amides is 2. The molecule has 2 aromatic carbocycles. The molecule has 0 spiro atoms. The normalized spacial score (nSPS) is 13.2. The number of imidazole rings is 1. The Morgan fingerprint density at radius 2 is 2.13 bits per heavy atom. The van der Waals surface area contributed by atoms with Crippen LogP contribution < -0.4 is 15.0 Å². The van der Waals surface area contributed by atoms with Crippen molar-refractivity contribution < 1.29 is 19.1 Å². The molecule has 1 aliphatic rings. The predicted octanol–water partition coefficient (Wildman–Crippen LogP) is 3.59. The van der Waals surface area contributed by atoms with E-state index in [0.29, 0.717) is 37.1 Å². The van der Waals surface area contributed by atoms with Gasteiger partial charge in [-0.25, -0.2) is 4.98 Å². The lowest BCUT2D eigenvalue weighted by Gasteiger charge is -2.28. The lowest BCUT2D eigenvalue weighted by molar-refractivity contribution is -0.123. The summed E-state index contributed by atoms with van der Waals surface area (Å²) in [6, 6.07) is 13.1. The Kier molecular flexibility index (Phi) is 6.53. The molecule has 0 aliphatic carbocycles. The van der Waals surface area contributed by atoms with E-state index in [1.807, 2.05) is 41.8 Å². The van der Waals surface area contributed by atoms with Gasteiger partial charge in [0.25, 0.3) is 5.91 Å². The van der Waals surface area contributed by atoms with Crippen molar-refractivity contribution in [1.82, 2.24) is 9.55 Å². The number of halogens is 1. The maximum atomic E-state index is 12.9. The summed E-state index contributed by atoms with van der Waals surface area (Å²) in [6.45, 7) is 3.68. The first-order chi connectivity index (χ1) is 15.1. The number of fused-ring (bicyclic) bond motifs is 2. The van der Waals surface area contributed by atoms with Crippen molar-refractivity contribution >= 4 is 50.4 Å². The second kappa shape index (κ2) is 9.49. The van der Waals surface area contributed by atoms with Gasteiger partial charge in [-0.05, 0) is 43.7 Å². The molecule has 1 N–H and O–H groups in total. The molecule has 0 unspecified atom stereocenters. The Bertz CT molecular complexity index is 1110. The molecule has 0 radical (unpaired) electrons. The van der Waals surface area contributed by atoms with Crippen LogP contribution in [0.2, 0.25) is 0 Å². The Hall–Kier alpha value is -2.91. The van der Waals surface area contributed by atoms with Crippen LogP contribution in [0.1, 0.15) is 13.3 Å². The standard InChI is InChI=1S/C22H23BrN4O4/c1-2-30-11-5-10-26-17-7-4-3-6-16(17)24-22(26)25-20(28)13-27-18-9-8-15(23)12-19(18)31-14-21(27)29/h3-4,6-9,12H,2,5,10-11,13-14H2,1H3,(H,24,25,28). The second-order valence-corrected chi connectivity index (χ2v) is 7.97. The number of hydrogen-bond donors (Lipinski definition) is 1. The number of para-hydroxylation sites is 2. The summed E-state index contributed by atoms with van der Waals surface area (Å²) in [6.07, 6.45) is 0.793. The van der Waals surface area contributed by atoms with Crippen molar-refractivity contribution in [2.45, 2.75) is 19.9 Å². The molecule has 8 nitrogen and oxygen atoms in total. The van der Waals surface area contributed by atoms with Crippen LogP contribution >= 0.6 is 15.9 Å². The molecular weight excluding hydrogens is 464 g/mol. The topological polar surface area (TPSA) is 85.7 Å². The van der Waals surface area contributed by atoms with Crippen LogP contribution in [-0.4, -0.2) is 47.7 Å². The Balaban J connectivity index is 1.53. The number of hydrogen-bond acceptors (Lipinski definition) is 5. The first kappa shape index (κ1) is 21.3. The van der Waals surface area contributed by atoms with Crippen LogP contribution in [-0.2, 0) is 20.9 Å². The number of rotatable bonds is 8. The fraction of sp³-hybridized carbons (Fsp3) is 0.318. The first-order valence-corrected chi connectivity index (χ1v) is 10.9. The largest absolute Gasteiger partial charge is 0.482 e. The zero-order valence-electron chi connectivity index (χ0n) is 17.1. The van der Waals surface area contributed by atoms with E-state index in [1.165, 1.54) is 4.90 Å². The van der Waals surface area contributed by atoms with E-state index in [0.717, 1.165) is 21.9 Å². The van der Waals surface area contributed by atoms with E-state index < -0.39 is 0 Å². The Morgan fingerprint density at radius 3 is 2.97 bits per heavy atom. The summed E-state index contributed by atoms with van der Waals surface area (Å²) in [5.41, 5.74) is 2.30. The van der Waals surface area contributed by atoms with Crippen LogP contribution in [0, 0.1) is 0 Å². The summed E-state index contributed by atoms with van der Waals surface area (Å²) in [7, 11) is 0. The van der Waals surface area contributed by atoms with Gasteiger partial charge in [0.15, 0.2) is 6.61 Å². The van der Waals surface area contributed by atoms with Gasteiger partial charge < -0.3 is 14.0 Å². The molecule has 4 rings (SSSR count). The van der Waals surface area contributed by atoms with Gasteiger partial charge >= 0.3 is 0 Å². The number of ether oxygens (including phenoxy) is 2. The van der Waals surface area contributed by atoms with Gasteiger partial charge in [-0.1, -0.05) is 28.1 Å². The monoisotopic (exact) mass is 486 g/mol. The average Bonchev–Trinajstić information content (AvgIpc) is 3.10. The molecule has 0 saturated heterocycles. The lowest BCUT2D eigenvalue weighted by atomic mass is 10.2. The summed E-state index contributed by atoms with van der Waals surface area (Å²) in [5, 5.41) is 2.88. The summed E-state index contributed by atoms with van der Waals surface area (Å²) in [4.78, 5) is 31.3.